The van der Waals surface area contributed by atoms with E-state index in [2.05, 4.69) is 99.0 Å². The first kappa shape index (κ1) is 59.3. The summed E-state index contributed by atoms with van der Waals surface area (Å²) in [5.74, 6) is -0.542. The van der Waals surface area contributed by atoms with Crippen LogP contribution in [0.15, 0.2) is 72.9 Å². The number of amides is 1. The first-order valence-corrected chi connectivity index (χ1v) is 26.2. The molecule has 0 aliphatic heterocycles. The number of hydrogen-bond donors (Lipinski definition) is 3. The lowest BCUT2D eigenvalue weighted by atomic mass is 10.0. The van der Waals surface area contributed by atoms with Gasteiger partial charge in [-0.25, -0.2) is 0 Å². The Morgan fingerprint density at radius 3 is 1.47 bits per heavy atom. The van der Waals surface area contributed by atoms with Crippen molar-refractivity contribution in [2.24, 2.45) is 0 Å². The number of esters is 1. The molecule has 0 radical (unpaired) electrons. The van der Waals surface area contributed by atoms with Gasteiger partial charge in [-0.1, -0.05) is 222 Å². The molecule has 0 aromatic carbocycles. The molecule has 0 fully saturated rings. The van der Waals surface area contributed by atoms with E-state index in [9.17, 15) is 19.8 Å². The molecule has 0 aromatic heterocycles. The molecule has 358 valence electrons. The van der Waals surface area contributed by atoms with Crippen molar-refractivity contribution in [3.8, 4) is 0 Å². The number of rotatable bonds is 46. The van der Waals surface area contributed by atoms with E-state index >= 15 is 0 Å². The van der Waals surface area contributed by atoms with Crippen molar-refractivity contribution in [2.45, 2.75) is 264 Å². The smallest absolute Gasteiger partial charge is 0.306 e. The minimum Gasteiger partial charge on any atom is -0.462 e. The van der Waals surface area contributed by atoms with E-state index in [4.69, 9.17) is 4.74 Å². The molecule has 3 N–H and O–H groups in total. The zero-order valence-electron chi connectivity index (χ0n) is 40.7. The summed E-state index contributed by atoms with van der Waals surface area (Å²) in [6.45, 7) is 6.32. The van der Waals surface area contributed by atoms with Gasteiger partial charge in [0.1, 0.15) is 6.10 Å². The summed E-state index contributed by atoms with van der Waals surface area (Å²) in [5.41, 5.74) is 0. The Morgan fingerprint density at radius 1 is 0.500 bits per heavy atom. The highest BCUT2D eigenvalue weighted by Crippen LogP contribution is 2.17. The Balaban J connectivity index is 4.67. The van der Waals surface area contributed by atoms with E-state index < -0.39 is 18.2 Å². The van der Waals surface area contributed by atoms with Crippen LogP contribution in [0.25, 0.3) is 0 Å². The molecule has 0 saturated carbocycles. The first-order chi connectivity index (χ1) is 30.5. The molecule has 0 bridgehead atoms. The van der Waals surface area contributed by atoms with Gasteiger partial charge in [0.2, 0.25) is 5.91 Å². The number of carbonyl (C=O) groups excluding carboxylic acids is 2. The predicted octanol–water partition coefficient (Wildman–Crippen LogP) is 15.8. The van der Waals surface area contributed by atoms with Crippen molar-refractivity contribution in [2.75, 3.05) is 6.61 Å². The van der Waals surface area contributed by atoms with Crippen LogP contribution in [0.3, 0.4) is 0 Å². The second-order valence-corrected chi connectivity index (χ2v) is 17.6. The third kappa shape index (κ3) is 43.9. The summed E-state index contributed by atoms with van der Waals surface area (Å²) in [4.78, 5) is 26.1. The summed E-state index contributed by atoms with van der Waals surface area (Å²) >= 11 is 0. The number of hydrogen-bond acceptors (Lipinski definition) is 5. The molecule has 6 heteroatoms. The molecule has 3 unspecified atom stereocenters. The van der Waals surface area contributed by atoms with E-state index in [1.54, 1.807) is 0 Å². The van der Waals surface area contributed by atoms with Gasteiger partial charge in [-0.2, -0.15) is 0 Å². The molecule has 0 rings (SSSR count). The maximum atomic E-state index is 13.2. The number of aliphatic hydroxyl groups excluding tert-OH is 2. The molecule has 62 heavy (non-hydrogen) atoms. The van der Waals surface area contributed by atoms with Gasteiger partial charge in [0.25, 0.3) is 0 Å². The number of ether oxygens (including phenoxy) is 1. The molecule has 1 amide bonds. The fraction of sp³-hybridized carbons (Fsp3) is 0.750. The Bertz CT molecular complexity index is 1150. The van der Waals surface area contributed by atoms with Crippen LogP contribution in [0.4, 0.5) is 0 Å². The molecule has 0 spiro atoms. The maximum absolute atomic E-state index is 13.2. The Morgan fingerprint density at radius 2 is 0.935 bits per heavy atom. The minimum atomic E-state index is -0.806. The molecule has 0 aliphatic carbocycles. The van der Waals surface area contributed by atoms with Gasteiger partial charge in [-0.3, -0.25) is 9.59 Å². The third-order valence-electron chi connectivity index (χ3n) is 11.5. The van der Waals surface area contributed by atoms with Gasteiger partial charge in [0, 0.05) is 6.42 Å². The van der Waals surface area contributed by atoms with Crippen molar-refractivity contribution in [1.82, 2.24) is 5.32 Å². The largest absolute Gasteiger partial charge is 0.462 e. The summed E-state index contributed by atoms with van der Waals surface area (Å²) in [7, 11) is 0. The van der Waals surface area contributed by atoms with Crippen molar-refractivity contribution >= 4 is 11.9 Å². The molecule has 6 nitrogen and oxygen atoms in total. The van der Waals surface area contributed by atoms with Crippen LogP contribution >= 0.6 is 0 Å². The quantitative estimate of drug-likeness (QED) is 0.0245. The van der Waals surface area contributed by atoms with E-state index in [-0.39, 0.29) is 24.9 Å². The van der Waals surface area contributed by atoms with Crippen molar-refractivity contribution in [3.63, 3.8) is 0 Å². The van der Waals surface area contributed by atoms with E-state index in [0.29, 0.717) is 19.3 Å². The molecule has 0 aliphatic rings. The van der Waals surface area contributed by atoms with Gasteiger partial charge in [-0.05, 0) is 83.5 Å². The fourth-order valence-electron chi connectivity index (χ4n) is 7.59. The van der Waals surface area contributed by atoms with Crippen molar-refractivity contribution in [1.29, 1.82) is 0 Å². The van der Waals surface area contributed by atoms with Gasteiger partial charge >= 0.3 is 5.97 Å². The van der Waals surface area contributed by atoms with Crippen LogP contribution in [-0.2, 0) is 14.3 Å². The highest BCUT2D eigenvalue weighted by atomic mass is 16.5. The second-order valence-electron chi connectivity index (χ2n) is 17.6. The molecule has 0 saturated heterocycles. The normalized spacial score (nSPS) is 13.8. The summed E-state index contributed by atoms with van der Waals surface area (Å²) < 4.78 is 5.90. The summed E-state index contributed by atoms with van der Waals surface area (Å²) in [5, 5.41) is 23.8. The average Bonchev–Trinajstić information content (AvgIpc) is 3.26. The Hall–Kier alpha value is -2.70. The van der Waals surface area contributed by atoms with Crippen LogP contribution in [0.5, 0.6) is 0 Å². The zero-order chi connectivity index (χ0) is 45.2. The Labute approximate surface area is 383 Å². The molecule has 3 atom stereocenters. The van der Waals surface area contributed by atoms with Crippen LogP contribution in [-0.4, -0.2) is 46.9 Å². The molecular weight excluding hydrogens is 767 g/mol. The number of nitrogens with one attached hydrogen (secondary N) is 1. The van der Waals surface area contributed by atoms with Crippen LogP contribution in [0.1, 0.15) is 245 Å². The second kappa shape index (κ2) is 49.3. The van der Waals surface area contributed by atoms with Crippen molar-refractivity contribution < 1.29 is 24.5 Å². The van der Waals surface area contributed by atoms with Crippen LogP contribution < -0.4 is 5.32 Å². The number of allylic oxidation sites excluding steroid dienone is 12. The van der Waals surface area contributed by atoms with Gasteiger partial charge in [-0.15, -0.1) is 0 Å². The van der Waals surface area contributed by atoms with Gasteiger partial charge in [0.05, 0.1) is 25.2 Å². The third-order valence-corrected chi connectivity index (χ3v) is 11.5. The number of unbranched alkanes of at least 4 members (excludes halogenated alkanes) is 23. The molecule has 0 heterocycles. The lowest BCUT2D eigenvalue weighted by Crippen LogP contribution is -2.46. The predicted molar refractivity (Wildman–Crippen MR) is 268 cm³/mol. The maximum Gasteiger partial charge on any atom is 0.306 e. The number of carbonyl (C=O) groups is 2. The highest BCUT2D eigenvalue weighted by Gasteiger charge is 2.24. The standard InChI is InChI=1S/C56H99NO5/c1-4-7-10-13-16-19-22-25-28-31-34-37-40-43-46-49-56(61)62-52(47-44-41-38-35-32-29-26-23-20-17-14-11-8-5-2)50-55(60)57-53(51-58)54(59)48-45-42-39-36-33-30-27-24-21-18-15-12-9-6-3/h8,11,16-17,19-20,22,25-26,29,35,38,52-54,58-59H,4-7,9-10,12-15,18,21,23-24,27-28,30-34,36-37,39-51H2,1-3H3,(H,57,60)/b11-8+,19-16+,20-17+,25-22+,29-26+,38-35+. The lowest BCUT2D eigenvalue weighted by Gasteiger charge is -2.24. The minimum absolute atomic E-state index is 0.0329. The van der Waals surface area contributed by atoms with E-state index in [0.717, 1.165) is 83.5 Å². The van der Waals surface area contributed by atoms with Crippen LogP contribution in [0.2, 0.25) is 0 Å². The SMILES string of the molecule is CC/C=C/C/C=C/C/C=C/C/C=C/CCCC(CC(=O)NC(CO)C(O)CCCCCCCCCCCCCCCC)OC(=O)CCCCCCCC/C=C/C=C/CCCCC. The Kier molecular flexibility index (Phi) is 47.2. The topological polar surface area (TPSA) is 95.9 Å². The van der Waals surface area contributed by atoms with Crippen LogP contribution in [0, 0.1) is 0 Å². The summed E-state index contributed by atoms with van der Waals surface area (Å²) in [6.07, 6.45) is 62.5. The molecule has 0 aromatic rings. The first-order valence-electron chi connectivity index (χ1n) is 26.2. The van der Waals surface area contributed by atoms with E-state index in [1.165, 1.54) is 116 Å². The van der Waals surface area contributed by atoms with Gasteiger partial charge in [0.15, 0.2) is 0 Å². The van der Waals surface area contributed by atoms with Crippen molar-refractivity contribution in [3.05, 3.63) is 72.9 Å². The number of aliphatic hydroxyl groups is 2. The molecular formula is C56H99NO5. The monoisotopic (exact) mass is 866 g/mol. The van der Waals surface area contributed by atoms with E-state index in [1.807, 2.05) is 0 Å². The van der Waals surface area contributed by atoms with Gasteiger partial charge < -0.3 is 20.3 Å². The average molecular weight is 866 g/mol. The zero-order valence-corrected chi connectivity index (χ0v) is 40.7. The highest BCUT2D eigenvalue weighted by molar-refractivity contribution is 5.77. The lowest BCUT2D eigenvalue weighted by molar-refractivity contribution is -0.151. The summed E-state index contributed by atoms with van der Waals surface area (Å²) in [6, 6.07) is -0.724. The fourth-order valence-corrected chi connectivity index (χ4v) is 7.59.